The smallest absolute Gasteiger partial charge is 0.261 e. The van der Waals surface area contributed by atoms with Crippen LogP contribution >= 0.6 is 11.8 Å². The fourth-order valence-corrected chi connectivity index (χ4v) is 4.09. The maximum absolute atomic E-state index is 12.8. The van der Waals surface area contributed by atoms with E-state index in [2.05, 4.69) is 10.3 Å². The summed E-state index contributed by atoms with van der Waals surface area (Å²) >= 11 is 1.26. The van der Waals surface area contributed by atoms with E-state index >= 15 is 0 Å². The van der Waals surface area contributed by atoms with Gasteiger partial charge < -0.3 is 5.32 Å². The van der Waals surface area contributed by atoms with Crippen molar-refractivity contribution in [2.75, 3.05) is 5.75 Å². The second kappa shape index (κ2) is 8.97. The minimum atomic E-state index is -0.242. The summed E-state index contributed by atoms with van der Waals surface area (Å²) in [5, 5.41) is 4.21. The Morgan fingerprint density at radius 2 is 1.50 bits per heavy atom. The lowest BCUT2D eigenvalue weighted by molar-refractivity contribution is -0.119. The van der Waals surface area contributed by atoms with E-state index in [-0.39, 0.29) is 23.3 Å². The van der Waals surface area contributed by atoms with Gasteiger partial charge in [-0.25, -0.2) is 4.98 Å². The molecule has 1 N–H and O–H groups in total. The minimum absolute atomic E-state index is 0.116. The molecule has 0 fully saturated rings. The van der Waals surface area contributed by atoms with Crippen molar-refractivity contribution in [3.63, 3.8) is 0 Å². The maximum atomic E-state index is 12.8. The lowest BCUT2D eigenvalue weighted by Crippen LogP contribution is -2.31. The highest BCUT2D eigenvalue weighted by molar-refractivity contribution is 7.99. The Kier molecular flexibility index (Phi) is 5.95. The van der Waals surface area contributed by atoms with Crippen LogP contribution < -0.4 is 10.9 Å². The number of aromatic nitrogens is 2. The first-order valence-corrected chi connectivity index (χ1v) is 10.6. The van der Waals surface area contributed by atoms with E-state index in [9.17, 15) is 9.59 Å². The lowest BCUT2D eigenvalue weighted by Gasteiger charge is -2.20. The number of nitrogens with zero attached hydrogens (tertiary/aromatic N) is 2. The molecule has 0 aliphatic rings. The number of hydrogen-bond acceptors (Lipinski definition) is 4. The second-order valence-electron chi connectivity index (χ2n) is 6.89. The third-order valence-electron chi connectivity index (χ3n) is 4.85. The Bertz CT molecular complexity index is 1180. The Morgan fingerprint density at radius 1 is 0.933 bits per heavy atom. The zero-order valence-electron chi connectivity index (χ0n) is 16.5. The normalized spacial score (nSPS) is 11.0. The van der Waals surface area contributed by atoms with Crippen LogP contribution in [0, 0.1) is 0 Å². The highest BCUT2D eigenvalue weighted by Gasteiger charge is 2.17. The van der Waals surface area contributed by atoms with E-state index in [1.165, 1.54) is 16.3 Å². The first-order chi connectivity index (χ1) is 14.6. The van der Waals surface area contributed by atoms with Gasteiger partial charge in [-0.3, -0.25) is 14.2 Å². The van der Waals surface area contributed by atoms with Gasteiger partial charge in [-0.15, -0.1) is 0 Å². The van der Waals surface area contributed by atoms with Gasteiger partial charge >= 0.3 is 0 Å². The van der Waals surface area contributed by atoms with Crippen LogP contribution in [-0.2, 0) is 11.8 Å². The van der Waals surface area contributed by atoms with Crippen molar-refractivity contribution >= 4 is 28.6 Å². The summed E-state index contributed by atoms with van der Waals surface area (Å²) < 4.78 is 1.49. The molecule has 3 aromatic carbocycles. The van der Waals surface area contributed by atoms with Gasteiger partial charge in [0.15, 0.2) is 5.16 Å². The number of para-hydroxylation sites is 1. The number of fused-ring (bicyclic) bond motifs is 1. The topological polar surface area (TPSA) is 64.0 Å². The van der Waals surface area contributed by atoms with Gasteiger partial charge in [0.25, 0.3) is 5.56 Å². The summed E-state index contributed by atoms with van der Waals surface area (Å²) in [6.07, 6.45) is 0. The average molecular weight is 416 g/mol. The highest BCUT2D eigenvalue weighted by Crippen LogP contribution is 2.23. The van der Waals surface area contributed by atoms with Crippen LogP contribution in [-0.4, -0.2) is 21.2 Å². The van der Waals surface area contributed by atoms with E-state index < -0.39 is 0 Å². The number of hydrogen-bond donors (Lipinski definition) is 1. The van der Waals surface area contributed by atoms with Crippen molar-refractivity contribution in [3.05, 3.63) is 106 Å². The fourth-order valence-electron chi connectivity index (χ4n) is 3.31. The number of benzene rings is 3. The molecule has 4 rings (SSSR count). The largest absolute Gasteiger partial charge is 0.344 e. The van der Waals surface area contributed by atoms with Crippen LogP contribution in [0.3, 0.4) is 0 Å². The minimum Gasteiger partial charge on any atom is -0.344 e. The molecule has 6 heteroatoms. The molecule has 0 aliphatic carbocycles. The van der Waals surface area contributed by atoms with Gasteiger partial charge in [-0.2, -0.15) is 0 Å². The van der Waals surface area contributed by atoms with E-state index in [1.807, 2.05) is 78.9 Å². The summed E-state index contributed by atoms with van der Waals surface area (Å²) in [6.45, 7) is 0. The summed E-state index contributed by atoms with van der Waals surface area (Å²) in [7, 11) is 1.68. The van der Waals surface area contributed by atoms with E-state index in [0.29, 0.717) is 16.1 Å². The number of carbonyl (C=O) groups excluding carboxylic acids is 1. The molecule has 0 atom stereocenters. The van der Waals surface area contributed by atoms with Gasteiger partial charge in [-0.1, -0.05) is 84.6 Å². The number of thioether (sulfide) groups is 1. The lowest BCUT2D eigenvalue weighted by atomic mass is 9.99. The molecule has 0 aliphatic heterocycles. The van der Waals surface area contributed by atoms with Gasteiger partial charge in [0.2, 0.25) is 5.91 Å². The molecule has 4 aromatic rings. The molecule has 150 valence electrons. The fraction of sp³-hybridized carbons (Fsp3) is 0.125. The van der Waals surface area contributed by atoms with Crippen LogP contribution in [0.5, 0.6) is 0 Å². The molecule has 0 spiro atoms. The highest BCUT2D eigenvalue weighted by atomic mass is 32.2. The Hall–Kier alpha value is -3.38. The third kappa shape index (κ3) is 4.28. The number of carbonyl (C=O) groups is 1. The number of rotatable bonds is 6. The van der Waals surface area contributed by atoms with Gasteiger partial charge in [-0.05, 0) is 23.3 Å². The quantitative estimate of drug-likeness (QED) is 0.383. The van der Waals surface area contributed by atoms with E-state index in [1.54, 1.807) is 13.1 Å². The average Bonchev–Trinajstić information content (AvgIpc) is 2.80. The van der Waals surface area contributed by atoms with Crippen LogP contribution in [0.2, 0.25) is 0 Å². The summed E-state index contributed by atoms with van der Waals surface area (Å²) in [6, 6.07) is 26.7. The van der Waals surface area contributed by atoms with Gasteiger partial charge in [0.05, 0.1) is 22.7 Å². The van der Waals surface area contributed by atoms with Crippen molar-refractivity contribution in [1.29, 1.82) is 0 Å². The van der Waals surface area contributed by atoms with Crippen LogP contribution in [0.15, 0.2) is 94.9 Å². The summed E-state index contributed by atoms with van der Waals surface area (Å²) in [4.78, 5) is 29.9. The predicted octanol–water partition coefficient (Wildman–Crippen LogP) is 3.93. The molecule has 5 nitrogen and oxygen atoms in total. The Morgan fingerprint density at radius 3 is 2.13 bits per heavy atom. The first kappa shape index (κ1) is 19.9. The maximum Gasteiger partial charge on any atom is 0.261 e. The van der Waals surface area contributed by atoms with Crippen LogP contribution in [0.4, 0.5) is 0 Å². The van der Waals surface area contributed by atoms with Crippen LogP contribution in [0.1, 0.15) is 17.2 Å². The molecule has 1 aromatic heterocycles. The van der Waals surface area contributed by atoms with E-state index in [4.69, 9.17) is 0 Å². The summed E-state index contributed by atoms with van der Waals surface area (Å²) in [5.41, 5.74) is 2.54. The Labute approximate surface area is 178 Å². The second-order valence-corrected chi connectivity index (χ2v) is 7.83. The van der Waals surface area contributed by atoms with Crippen molar-refractivity contribution in [2.24, 2.45) is 7.05 Å². The number of amides is 1. The van der Waals surface area contributed by atoms with E-state index in [0.717, 1.165) is 11.1 Å². The summed E-state index contributed by atoms with van der Waals surface area (Å²) in [5.74, 6) is 0.0366. The standard InChI is InChI=1S/C24H21N3O2S/c1-27-23(29)19-14-8-9-15-20(19)25-24(27)30-16-21(28)26-22(17-10-4-2-5-11-17)18-12-6-3-7-13-18/h2-15,22H,16H2,1H3,(H,26,28). The van der Waals surface area contributed by atoms with Crippen LogP contribution in [0.25, 0.3) is 10.9 Å². The molecule has 0 radical (unpaired) electrons. The molecular weight excluding hydrogens is 394 g/mol. The SMILES string of the molecule is Cn1c(SCC(=O)NC(c2ccccc2)c2ccccc2)nc2ccccc2c1=O. The molecule has 1 heterocycles. The molecule has 0 unspecified atom stereocenters. The van der Waals surface area contributed by atoms with Crippen molar-refractivity contribution < 1.29 is 4.79 Å². The monoisotopic (exact) mass is 415 g/mol. The molecule has 0 saturated heterocycles. The zero-order chi connectivity index (χ0) is 20.9. The van der Waals surface area contributed by atoms with Crippen molar-refractivity contribution in [3.8, 4) is 0 Å². The van der Waals surface area contributed by atoms with Crippen molar-refractivity contribution in [2.45, 2.75) is 11.2 Å². The molecule has 30 heavy (non-hydrogen) atoms. The first-order valence-electron chi connectivity index (χ1n) is 9.61. The predicted molar refractivity (Wildman–Crippen MR) is 121 cm³/mol. The Balaban J connectivity index is 1.53. The molecule has 0 bridgehead atoms. The molecule has 0 saturated carbocycles. The molecule has 1 amide bonds. The van der Waals surface area contributed by atoms with Crippen molar-refractivity contribution in [1.82, 2.24) is 14.9 Å². The number of nitrogens with one attached hydrogen (secondary N) is 1. The van der Waals surface area contributed by atoms with Gasteiger partial charge in [0.1, 0.15) is 0 Å². The van der Waals surface area contributed by atoms with Gasteiger partial charge in [0, 0.05) is 7.05 Å². The molecular formula is C24H21N3O2S. The third-order valence-corrected chi connectivity index (χ3v) is 5.88. The zero-order valence-corrected chi connectivity index (χ0v) is 17.3.